The highest BCUT2D eigenvalue weighted by atomic mass is 16.2. The van der Waals surface area contributed by atoms with Crippen molar-refractivity contribution in [1.82, 2.24) is 20.2 Å². The van der Waals surface area contributed by atoms with Crippen molar-refractivity contribution in [1.29, 1.82) is 0 Å². The van der Waals surface area contributed by atoms with E-state index in [1.807, 2.05) is 50.5 Å². The van der Waals surface area contributed by atoms with E-state index in [-0.39, 0.29) is 5.41 Å². The third-order valence-electron chi connectivity index (χ3n) is 6.53. The minimum absolute atomic E-state index is 0.203. The van der Waals surface area contributed by atoms with Crippen LogP contribution in [0.3, 0.4) is 0 Å². The molecule has 6 heteroatoms. The molecule has 1 spiro atoms. The quantitative estimate of drug-likeness (QED) is 0.817. The van der Waals surface area contributed by atoms with Crippen molar-refractivity contribution < 1.29 is 4.79 Å². The molecular formula is C25H33N5O. The summed E-state index contributed by atoms with van der Waals surface area (Å²) in [6.07, 6.45) is 12.0. The number of nitrogens with one attached hydrogen (secondary N) is 1. The van der Waals surface area contributed by atoms with E-state index in [1.165, 1.54) is 5.57 Å². The van der Waals surface area contributed by atoms with Crippen molar-refractivity contribution in [3.63, 3.8) is 0 Å². The van der Waals surface area contributed by atoms with Crippen LogP contribution in [0, 0.1) is 5.41 Å². The highest BCUT2D eigenvalue weighted by molar-refractivity contribution is 5.84. The number of amides is 1. The third kappa shape index (κ3) is 4.43. The number of dihydropyridines is 1. The Balaban J connectivity index is 0.00000112. The summed E-state index contributed by atoms with van der Waals surface area (Å²) in [5.41, 5.74) is 2.83. The van der Waals surface area contributed by atoms with Crippen LogP contribution >= 0.6 is 0 Å². The predicted molar refractivity (Wildman–Crippen MR) is 126 cm³/mol. The van der Waals surface area contributed by atoms with Crippen LogP contribution in [0.1, 0.15) is 39.5 Å². The first-order valence-corrected chi connectivity index (χ1v) is 11.6. The number of hydrogen-bond donors (Lipinski definition) is 1. The summed E-state index contributed by atoms with van der Waals surface area (Å²) in [5, 5.41) is 3.24. The molecule has 0 aliphatic carbocycles. The van der Waals surface area contributed by atoms with Gasteiger partial charge in [-0.3, -0.25) is 9.78 Å². The lowest BCUT2D eigenvalue weighted by Crippen LogP contribution is -2.54. The molecule has 2 saturated heterocycles. The van der Waals surface area contributed by atoms with E-state index in [4.69, 9.17) is 4.98 Å². The summed E-state index contributed by atoms with van der Waals surface area (Å²) in [6.45, 7) is 8.16. The van der Waals surface area contributed by atoms with Crippen LogP contribution in [0.2, 0.25) is 0 Å². The fraction of sp³-hybridized carbons (Fsp3) is 0.480. The van der Waals surface area contributed by atoms with Gasteiger partial charge in [0.15, 0.2) is 0 Å². The minimum Gasteiger partial charge on any atom is -0.387 e. The topological polar surface area (TPSA) is 61.4 Å². The number of carbonyl (C=O) groups excluding carboxylic acids is 1. The van der Waals surface area contributed by atoms with Gasteiger partial charge >= 0.3 is 0 Å². The molecule has 1 amide bonds. The van der Waals surface area contributed by atoms with Gasteiger partial charge in [-0.2, -0.15) is 0 Å². The van der Waals surface area contributed by atoms with Crippen molar-refractivity contribution in [2.45, 2.75) is 39.5 Å². The molecule has 2 aromatic rings. The van der Waals surface area contributed by atoms with E-state index < -0.39 is 0 Å². The second-order valence-corrected chi connectivity index (χ2v) is 8.34. The molecule has 3 aliphatic rings. The normalized spacial score (nSPS) is 20.2. The van der Waals surface area contributed by atoms with E-state index in [2.05, 4.69) is 32.3 Å². The molecule has 1 aromatic heterocycles. The zero-order chi connectivity index (χ0) is 21.7. The maximum atomic E-state index is 13.4. The average Bonchev–Trinajstić information content (AvgIpc) is 2.84. The summed E-state index contributed by atoms with van der Waals surface area (Å²) in [6, 6.07) is 7.97. The second kappa shape index (κ2) is 9.50. The maximum Gasteiger partial charge on any atom is 0.229 e. The summed E-state index contributed by atoms with van der Waals surface area (Å²) in [4.78, 5) is 27.1. The molecule has 1 aromatic carbocycles. The molecule has 31 heavy (non-hydrogen) atoms. The number of hydrogen-bond acceptors (Lipinski definition) is 5. The molecule has 164 valence electrons. The second-order valence-electron chi connectivity index (χ2n) is 8.34. The van der Waals surface area contributed by atoms with Crippen LogP contribution in [0.5, 0.6) is 0 Å². The number of benzene rings is 1. The van der Waals surface area contributed by atoms with Crippen LogP contribution in [0.4, 0.5) is 5.82 Å². The van der Waals surface area contributed by atoms with Gasteiger partial charge in [0.25, 0.3) is 0 Å². The Morgan fingerprint density at radius 1 is 1.06 bits per heavy atom. The van der Waals surface area contributed by atoms with E-state index in [9.17, 15) is 4.79 Å². The molecule has 5 rings (SSSR count). The highest BCUT2D eigenvalue weighted by Crippen LogP contribution is 2.41. The largest absolute Gasteiger partial charge is 0.387 e. The molecule has 3 aliphatic heterocycles. The lowest BCUT2D eigenvalue weighted by Gasteiger charge is -2.46. The van der Waals surface area contributed by atoms with E-state index in [1.54, 1.807) is 0 Å². The number of rotatable bonds is 3. The Hall–Kier alpha value is -2.89. The Labute approximate surface area is 185 Å². The van der Waals surface area contributed by atoms with E-state index in [0.717, 1.165) is 68.7 Å². The third-order valence-corrected chi connectivity index (χ3v) is 6.53. The number of likely N-dealkylation sites (tertiary alicyclic amines) is 1. The zero-order valence-corrected chi connectivity index (χ0v) is 18.7. The summed E-state index contributed by atoms with van der Waals surface area (Å²) in [7, 11) is 0. The molecule has 6 nitrogen and oxygen atoms in total. The zero-order valence-electron chi connectivity index (χ0n) is 18.7. The monoisotopic (exact) mass is 419 g/mol. The van der Waals surface area contributed by atoms with Gasteiger partial charge < -0.3 is 15.1 Å². The van der Waals surface area contributed by atoms with Gasteiger partial charge in [-0.25, -0.2) is 4.98 Å². The summed E-state index contributed by atoms with van der Waals surface area (Å²) < 4.78 is 0. The van der Waals surface area contributed by atoms with Crippen molar-refractivity contribution >= 4 is 22.8 Å². The van der Waals surface area contributed by atoms with Gasteiger partial charge in [0.05, 0.1) is 22.6 Å². The van der Waals surface area contributed by atoms with Gasteiger partial charge in [0.2, 0.25) is 5.91 Å². The molecule has 0 bridgehead atoms. The van der Waals surface area contributed by atoms with Crippen molar-refractivity contribution in [2.24, 2.45) is 5.41 Å². The molecule has 1 N–H and O–H groups in total. The first-order chi connectivity index (χ1) is 15.2. The van der Waals surface area contributed by atoms with Crippen molar-refractivity contribution in [3.05, 3.63) is 54.4 Å². The molecule has 4 heterocycles. The summed E-state index contributed by atoms with van der Waals surface area (Å²) >= 11 is 0. The first-order valence-electron chi connectivity index (χ1n) is 11.6. The smallest absolute Gasteiger partial charge is 0.229 e. The number of aromatic nitrogens is 2. The molecular weight excluding hydrogens is 386 g/mol. The Kier molecular flexibility index (Phi) is 6.54. The van der Waals surface area contributed by atoms with Crippen LogP contribution in [0.25, 0.3) is 11.0 Å². The van der Waals surface area contributed by atoms with Gasteiger partial charge in [0.1, 0.15) is 5.82 Å². The number of nitrogens with zero attached hydrogens (tertiary/aromatic N) is 4. The highest BCUT2D eigenvalue weighted by Gasteiger charge is 2.45. The Bertz CT molecular complexity index is 975. The van der Waals surface area contributed by atoms with E-state index in [0.29, 0.717) is 12.5 Å². The average molecular weight is 420 g/mol. The molecule has 2 fully saturated rings. The number of anilines is 1. The standard InChI is InChI=1S/C23H27N5O.C2H6/c29-22-23(8-4-12-28(22)17-18-5-3-11-24-15-18)9-13-27(14-10-23)21-16-25-19-6-1-2-7-20(19)26-21;1-2/h1-3,5-7,15-16,24H,4,8-14,17H2;1-2H3. The van der Waals surface area contributed by atoms with Crippen LogP contribution in [-0.2, 0) is 4.79 Å². The van der Waals surface area contributed by atoms with Crippen LogP contribution < -0.4 is 10.2 Å². The molecule has 0 saturated carbocycles. The van der Waals surface area contributed by atoms with Gasteiger partial charge in [0, 0.05) is 38.9 Å². The van der Waals surface area contributed by atoms with Gasteiger partial charge in [-0.1, -0.05) is 38.1 Å². The number of para-hydroxylation sites is 2. The summed E-state index contributed by atoms with van der Waals surface area (Å²) in [5.74, 6) is 1.26. The van der Waals surface area contributed by atoms with Crippen LogP contribution in [-0.4, -0.2) is 53.5 Å². The lowest BCUT2D eigenvalue weighted by molar-refractivity contribution is -0.147. The Morgan fingerprint density at radius 3 is 2.58 bits per heavy atom. The van der Waals surface area contributed by atoms with Crippen LogP contribution in [0.15, 0.2) is 54.4 Å². The minimum atomic E-state index is -0.203. The SMILES string of the molecule is CC.O=C1N(CC2=CNCC=C2)CCCC12CCN(c1cnc3ccccc3n1)CC2. The number of piperidine rings is 2. The molecule has 0 unspecified atom stereocenters. The Morgan fingerprint density at radius 2 is 1.84 bits per heavy atom. The fourth-order valence-electron chi connectivity index (χ4n) is 4.87. The van der Waals surface area contributed by atoms with Crippen molar-refractivity contribution in [3.8, 4) is 0 Å². The maximum absolute atomic E-state index is 13.4. The fourth-order valence-corrected chi connectivity index (χ4v) is 4.87. The van der Waals surface area contributed by atoms with E-state index >= 15 is 0 Å². The lowest BCUT2D eigenvalue weighted by atomic mass is 9.71. The molecule has 0 radical (unpaired) electrons. The van der Waals surface area contributed by atoms with Gasteiger partial charge in [-0.05, 0) is 43.4 Å². The molecule has 0 atom stereocenters. The number of fused-ring (bicyclic) bond motifs is 1. The predicted octanol–water partition coefficient (Wildman–Crippen LogP) is 3.91. The van der Waals surface area contributed by atoms with Gasteiger partial charge in [-0.15, -0.1) is 0 Å². The van der Waals surface area contributed by atoms with Crippen molar-refractivity contribution in [2.75, 3.05) is 37.6 Å². The first kappa shape index (κ1) is 21.3. The number of carbonyl (C=O) groups is 1.